The molecule has 2 fully saturated rings. The number of hydrogen-bond acceptors (Lipinski definition) is 6. The largest absolute Gasteiger partial charge is 0.491 e. The van der Waals surface area contributed by atoms with Crippen LogP contribution in [-0.4, -0.2) is 50.2 Å². The van der Waals surface area contributed by atoms with Gasteiger partial charge in [0.25, 0.3) is 0 Å². The highest BCUT2D eigenvalue weighted by Gasteiger charge is 2.23. The molecule has 0 aliphatic carbocycles. The van der Waals surface area contributed by atoms with E-state index in [0.717, 1.165) is 47.0 Å². The molecule has 208 valence electrons. The van der Waals surface area contributed by atoms with Crippen LogP contribution in [0.5, 0.6) is 11.5 Å². The van der Waals surface area contributed by atoms with E-state index >= 15 is 0 Å². The fourth-order valence-electron chi connectivity index (χ4n) is 4.59. The maximum Gasteiger partial charge on any atom is 0.162 e. The van der Waals surface area contributed by atoms with Crippen LogP contribution in [0.25, 0.3) is 22.3 Å². The van der Waals surface area contributed by atoms with Crippen LogP contribution < -0.4 is 9.47 Å². The molecule has 6 heteroatoms. The summed E-state index contributed by atoms with van der Waals surface area (Å²) in [5, 5.41) is 0. The Labute approximate surface area is 239 Å². The van der Waals surface area contributed by atoms with Gasteiger partial charge < -0.3 is 18.9 Å². The number of carbonyl (C=O) groups excluding carboxylic acids is 2. The third-order valence-electron chi connectivity index (χ3n) is 7.27. The van der Waals surface area contributed by atoms with Gasteiger partial charge in [0, 0.05) is 24.0 Å². The summed E-state index contributed by atoms with van der Waals surface area (Å²) in [6.45, 7) is 2.71. The van der Waals surface area contributed by atoms with Gasteiger partial charge in [0.15, 0.2) is 11.6 Å². The molecule has 0 spiro atoms. The first-order chi connectivity index (χ1) is 20.1. The van der Waals surface area contributed by atoms with E-state index < -0.39 is 0 Å². The molecule has 2 aliphatic heterocycles. The molecular weight excluding hydrogens is 516 g/mol. The van der Waals surface area contributed by atoms with E-state index in [4.69, 9.17) is 18.9 Å². The van der Waals surface area contributed by atoms with Crippen molar-refractivity contribution in [2.75, 3.05) is 26.4 Å². The van der Waals surface area contributed by atoms with E-state index in [1.807, 2.05) is 97.1 Å². The van der Waals surface area contributed by atoms with Gasteiger partial charge in [-0.2, -0.15) is 0 Å². The maximum atomic E-state index is 12.7. The molecule has 0 N–H and O–H groups in total. The summed E-state index contributed by atoms with van der Waals surface area (Å²) >= 11 is 0. The number of Topliss-reactive ketones (excluding diaryl/α,β-unsaturated/α-hetero) is 2. The van der Waals surface area contributed by atoms with Crippen LogP contribution >= 0.6 is 0 Å². The van der Waals surface area contributed by atoms with E-state index in [9.17, 15) is 9.59 Å². The van der Waals surface area contributed by atoms with Crippen LogP contribution in [0.15, 0.2) is 97.1 Å². The van der Waals surface area contributed by atoms with Crippen LogP contribution in [0, 0.1) is 0 Å². The highest BCUT2D eigenvalue weighted by atomic mass is 16.6. The van der Waals surface area contributed by atoms with Crippen LogP contribution in [-0.2, 0) is 9.47 Å². The third-order valence-corrected chi connectivity index (χ3v) is 7.27. The van der Waals surface area contributed by atoms with E-state index in [-0.39, 0.29) is 23.8 Å². The quantitative estimate of drug-likeness (QED) is 0.127. The molecule has 2 unspecified atom stereocenters. The minimum Gasteiger partial charge on any atom is -0.491 e. The molecule has 0 aromatic heterocycles. The fraction of sp³-hybridized carbons (Fsp3) is 0.257. The van der Waals surface area contributed by atoms with Crippen molar-refractivity contribution in [3.8, 4) is 33.8 Å². The second kappa shape index (κ2) is 12.5. The average Bonchev–Trinajstić information content (AvgIpc) is 3.96. The van der Waals surface area contributed by atoms with Crippen LogP contribution in [0.2, 0.25) is 0 Å². The summed E-state index contributed by atoms with van der Waals surface area (Å²) in [5.74, 6) is 1.72. The van der Waals surface area contributed by atoms with Gasteiger partial charge in [0.05, 0.1) is 13.2 Å². The number of epoxide rings is 2. The minimum absolute atomic E-state index is 0.0443. The molecule has 4 aromatic carbocycles. The van der Waals surface area contributed by atoms with Gasteiger partial charge in [0.1, 0.15) is 36.9 Å². The van der Waals surface area contributed by atoms with Crippen molar-refractivity contribution in [2.24, 2.45) is 0 Å². The molecule has 6 nitrogen and oxygen atoms in total. The van der Waals surface area contributed by atoms with Crippen molar-refractivity contribution in [1.82, 2.24) is 0 Å². The van der Waals surface area contributed by atoms with Crippen LogP contribution in [0.4, 0.5) is 0 Å². The van der Waals surface area contributed by atoms with Crippen LogP contribution in [0.3, 0.4) is 0 Å². The smallest absolute Gasteiger partial charge is 0.162 e. The van der Waals surface area contributed by atoms with Crippen molar-refractivity contribution < 1.29 is 28.5 Å². The monoisotopic (exact) mass is 548 g/mol. The Kier molecular flexibility index (Phi) is 8.21. The summed E-state index contributed by atoms with van der Waals surface area (Å²) in [7, 11) is 0. The molecule has 4 aromatic rings. The second-order valence-corrected chi connectivity index (χ2v) is 10.4. The lowest BCUT2D eigenvalue weighted by Crippen LogP contribution is -2.04. The Morgan fingerprint density at radius 2 is 0.854 bits per heavy atom. The summed E-state index contributed by atoms with van der Waals surface area (Å²) in [4.78, 5) is 25.5. The highest BCUT2D eigenvalue weighted by Crippen LogP contribution is 2.26. The molecule has 0 bridgehead atoms. The molecule has 2 atom stereocenters. The van der Waals surface area contributed by atoms with Gasteiger partial charge in [-0.05, 0) is 52.9 Å². The Morgan fingerprint density at radius 1 is 0.537 bits per heavy atom. The van der Waals surface area contributed by atoms with Crippen molar-refractivity contribution in [1.29, 1.82) is 0 Å². The average molecular weight is 549 g/mol. The molecule has 6 rings (SSSR count). The van der Waals surface area contributed by atoms with Crippen molar-refractivity contribution in [3.05, 3.63) is 108 Å². The molecule has 2 saturated heterocycles. The van der Waals surface area contributed by atoms with E-state index in [1.54, 1.807) is 0 Å². The minimum atomic E-state index is 0.0443. The molecular formula is C35H32O6. The Balaban J connectivity index is 0.954. The molecule has 0 saturated carbocycles. The number of hydrogen-bond donors (Lipinski definition) is 0. The normalized spacial score (nSPS) is 17.1. The first kappa shape index (κ1) is 26.9. The number of ketones is 2. The predicted octanol–water partition coefficient (Wildman–Crippen LogP) is 6.81. The lowest BCUT2D eigenvalue weighted by atomic mass is 9.98. The standard InChI is InChI=1S/C35H32O6/c36-34(28-8-4-24(5-9-28)26-12-16-30(17-13-26)38-20-32-22-40-32)2-1-3-35(37)29-10-6-25(7-11-29)27-14-18-31(19-15-27)39-21-33-23-41-33/h4-19,32-33H,1-3,20-23H2. The summed E-state index contributed by atoms with van der Waals surface area (Å²) in [6.07, 6.45) is 1.64. The van der Waals surface area contributed by atoms with Crippen molar-refractivity contribution in [2.45, 2.75) is 31.5 Å². The molecule has 0 amide bonds. The number of benzene rings is 4. The molecule has 2 aliphatic rings. The summed E-state index contributed by atoms with van der Waals surface area (Å²) in [5.41, 5.74) is 5.50. The van der Waals surface area contributed by atoms with Crippen molar-refractivity contribution in [3.63, 3.8) is 0 Å². The number of rotatable bonds is 14. The van der Waals surface area contributed by atoms with Crippen molar-refractivity contribution >= 4 is 11.6 Å². The predicted molar refractivity (Wildman–Crippen MR) is 157 cm³/mol. The van der Waals surface area contributed by atoms with E-state index in [0.29, 0.717) is 43.6 Å². The topological polar surface area (TPSA) is 77.7 Å². The van der Waals surface area contributed by atoms with Gasteiger partial charge in [-0.3, -0.25) is 9.59 Å². The van der Waals surface area contributed by atoms with Gasteiger partial charge >= 0.3 is 0 Å². The zero-order valence-corrected chi connectivity index (χ0v) is 22.8. The van der Waals surface area contributed by atoms with Gasteiger partial charge in [-0.15, -0.1) is 0 Å². The third kappa shape index (κ3) is 7.48. The highest BCUT2D eigenvalue weighted by molar-refractivity contribution is 5.98. The lowest BCUT2D eigenvalue weighted by molar-refractivity contribution is 0.0957. The number of ether oxygens (including phenoxy) is 4. The zero-order chi connectivity index (χ0) is 28.0. The SMILES string of the molecule is O=C(CCCC(=O)c1ccc(-c2ccc(OCC3CO3)cc2)cc1)c1ccc(-c2ccc(OCC3CO3)cc2)cc1. The van der Waals surface area contributed by atoms with Gasteiger partial charge in [-0.25, -0.2) is 0 Å². The van der Waals surface area contributed by atoms with Gasteiger partial charge in [0.2, 0.25) is 0 Å². The summed E-state index contributed by atoms with van der Waals surface area (Å²) < 4.78 is 21.7. The Hall–Kier alpha value is -4.26. The molecule has 2 heterocycles. The fourth-order valence-corrected chi connectivity index (χ4v) is 4.59. The first-order valence-electron chi connectivity index (χ1n) is 14.1. The van der Waals surface area contributed by atoms with Gasteiger partial charge in [-0.1, -0.05) is 72.8 Å². The van der Waals surface area contributed by atoms with Crippen LogP contribution in [0.1, 0.15) is 40.0 Å². The summed E-state index contributed by atoms with van der Waals surface area (Å²) in [6, 6.07) is 31.1. The van der Waals surface area contributed by atoms with E-state index in [2.05, 4.69) is 0 Å². The zero-order valence-electron chi connectivity index (χ0n) is 22.8. The molecule has 0 radical (unpaired) electrons. The number of carbonyl (C=O) groups is 2. The van der Waals surface area contributed by atoms with E-state index in [1.165, 1.54) is 0 Å². The second-order valence-electron chi connectivity index (χ2n) is 10.4. The lowest BCUT2D eigenvalue weighted by Gasteiger charge is -2.08. The molecule has 41 heavy (non-hydrogen) atoms. The maximum absolute atomic E-state index is 12.7. The Morgan fingerprint density at radius 3 is 1.17 bits per heavy atom. The first-order valence-corrected chi connectivity index (χ1v) is 14.1. The Bertz CT molecular complexity index is 1350.